The molecule has 1 aliphatic rings. The summed E-state index contributed by atoms with van der Waals surface area (Å²) in [6.07, 6.45) is 0. The van der Waals surface area contributed by atoms with E-state index in [1.54, 1.807) is 18.2 Å². The van der Waals surface area contributed by atoms with Gasteiger partial charge in [0.2, 0.25) is 0 Å². The molecule has 0 aliphatic carbocycles. The third kappa shape index (κ3) is 2.75. The van der Waals surface area contributed by atoms with Crippen LogP contribution in [0, 0.1) is 5.82 Å². The second-order valence-electron chi connectivity index (χ2n) is 5.11. The zero-order chi connectivity index (χ0) is 14.0. The van der Waals surface area contributed by atoms with Crippen molar-refractivity contribution in [1.82, 2.24) is 0 Å². The lowest BCUT2D eigenvalue weighted by atomic mass is 9.79. The van der Waals surface area contributed by atoms with Crippen molar-refractivity contribution in [1.29, 1.82) is 0 Å². The topological polar surface area (TPSA) is 18.5 Å². The van der Waals surface area contributed by atoms with Crippen LogP contribution in [-0.4, -0.2) is 18.3 Å². The van der Waals surface area contributed by atoms with Gasteiger partial charge in [-0.1, -0.05) is 32.0 Å². The molecule has 2 rings (SSSR count). The molecule has 1 aliphatic heterocycles. The minimum atomic E-state index is -0.619. The molecule has 4 heteroatoms. The fourth-order valence-electron chi connectivity index (χ4n) is 1.64. The van der Waals surface area contributed by atoms with Crippen molar-refractivity contribution in [2.24, 2.45) is 0 Å². The van der Waals surface area contributed by atoms with Gasteiger partial charge in [-0.05, 0) is 33.8 Å². The monoisotopic (exact) mass is 252 g/mol. The van der Waals surface area contributed by atoms with Crippen LogP contribution in [0.3, 0.4) is 0 Å². The molecule has 0 atom stereocenters. The Morgan fingerprint density at radius 3 is 1.83 bits per heavy atom. The molecule has 0 radical (unpaired) electrons. The molecule has 1 fully saturated rings. The summed E-state index contributed by atoms with van der Waals surface area (Å²) in [5, 5.41) is 0. The maximum absolute atomic E-state index is 13.6. The number of hydrogen-bond acceptors (Lipinski definition) is 2. The maximum atomic E-state index is 13.6. The summed E-state index contributed by atoms with van der Waals surface area (Å²) in [6.45, 7) is 11.8. The van der Waals surface area contributed by atoms with Crippen molar-refractivity contribution in [2.45, 2.75) is 52.7 Å². The fourth-order valence-corrected chi connectivity index (χ4v) is 1.64. The van der Waals surface area contributed by atoms with E-state index in [4.69, 9.17) is 9.31 Å². The molecule has 0 spiro atoms. The Bertz CT molecular complexity index is 389. The number of benzene rings is 1. The summed E-state index contributed by atoms with van der Waals surface area (Å²) in [5.74, 6) is -0.291. The molecule has 1 aromatic carbocycles. The first-order chi connectivity index (χ1) is 8.33. The predicted molar refractivity (Wildman–Crippen MR) is 73.5 cm³/mol. The van der Waals surface area contributed by atoms with Crippen LogP contribution in [0.15, 0.2) is 24.3 Å². The minimum absolute atomic E-state index is 0.291. The smallest absolute Gasteiger partial charge is 0.399 e. The SMILES string of the molecule is CC.CC1(C)OB(c2ccccc2F)OC1(C)C. The lowest BCUT2D eigenvalue weighted by molar-refractivity contribution is 0.00578. The molecule has 0 bridgehead atoms. The second-order valence-corrected chi connectivity index (χ2v) is 5.11. The summed E-state index contributed by atoms with van der Waals surface area (Å²) >= 11 is 0. The van der Waals surface area contributed by atoms with Crippen LogP contribution >= 0.6 is 0 Å². The van der Waals surface area contributed by atoms with Gasteiger partial charge in [-0.2, -0.15) is 0 Å². The maximum Gasteiger partial charge on any atom is 0.497 e. The first-order valence-electron chi connectivity index (χ1n) is 6.43. The Hall–Kier alpha value is -0.865. The Morgan fingerprint density at radius 1 is 0.944 bits per heavy atom. The van der Waals surface area contributed by atoms with Gasteiger partial charge >= 0.3 is 7.12 Å². The van der Waals surface area contributed by atoms with E-state index in [-0.39, 0.29) is 5.82 Å². The fraction of sp³-hybridized carbons (Fsp3) is 0.571. The quantitative estimate of drug-likeness (QED) is 0.715. The highest BCUT2D eigenvalue weighted by molar-refractivity contribution is 6.62. The first kappa shape index (κ1) is 15.2. The molecule has 0 aromatic heterocycles. The molecular weight excluding hydrogens is 230 g/mol. The lowest BCUT2D eigenvalue weighted by Gasteiger charge is -2.32. The van der Waals surface area contributed by atoms with Crippen LogP contribution < -0.4 is 5.46 Å². The van der Waals surface area contributed by atoms with Crippen molar-refractivity contribution in [2.75, 3.05) is 0 Å². The molecule has 18 heavy (non-hydrogen) atoms. The van der Waals surface area contributed by atoms with Gasteiger partial charge in [0.15, 0.2) is 0 Å². The van der Waals surface area contributed by atoms with Gasteiger partial charge in [0.25, 0.3) is 0 Å². The van der Waals surface area contributed by atoms with Crippen LogP contribution in [0.5, 0.6) is 0 Å². The molecule has 0 amide bonds. The van der Waals surface area contributed by atoms with Crippen molar-refractivity contribution < 1.29 is 13.7 Å². The molecule has 0 unspecified atom stereocenters. The van der Waals surface area contributed by atoms with E-state index in [1.165, 1.54) is 6.07 Å². The van der Waals surface area contributed by atoms with E-state index in [0.29, 0.717) is 5.46 Å². The summed E-state index contributed by atoms with van der Waals surface area (Å²) in [4.78, 5) is 0. The highest BCUT2D eigenvalue weighted by atomic mass is 19.1. The van der Waals surface area contributed by atoms with Gasteiger partial charge in [0.05, 0.1) is 11.2 Å². The van der Waals surface area contributed by atoms with E-state index < -0.39 is 18.3 Å². The zero-order valence-electron chi connectivity index (χ0n) is 12.1. The van der Waals surface area contributed by atoms with E-state index in [1.807, 2.05) is 41.5 Å². The molecule has 1 saturated heterocycles. The average Bonchev–Trinajstić information content (AvgIpc) is 2.51. The van der Waals surface area contributed by atoms with Crippen molar-refractivity contribution in [3.8, 4) is 0 Å². The van der Waals surface area contributed by atoms with Crippen LogP contribution in [0.1, 0.15) is 41.5 Å². The second kappa shape index (κ2) is 5.41. The third-order valence-corrected chi connectivity index (χ3v) is 3.41. The van der Waals surface area contributed by atoms with E-state index in [2.05, 4.69) is 0 Å². The Kier molecular flexibility index (Phi) is 4.57. The zero-order valence-corrected chi connectivity index (χ0v) is 12.1. The number of halogens is 1. The van der Waals surface area contributed by atoms with Crippen LogP contribution in [0.2, 0.25) is 0 Å². The van der Waals surface area contributed by atoms with Gasteiger partial charge in [0.1, 0.15) is 5.82 Å². The normalized spacial score (nSPS) is 20.3. The van der Waals surface area contributed by atoms with E-state index >= 15 is 0 Å². The first-order valence-corrected chi connectivity index (χ1v) is 6.43. The van der Waals surface area contributed by atoms with Gasteiger partial charge < -0.3 is 9.31 Å². The minimum Gasteiger partial charge on any atom is -0.399 e. The van der Waals surface area contributed by atoms with E-state index in [0.717, 1.165) is 0 Å². The third-order valence-electron chi connectivity index (χ3n) is 3.41. The van der Waals surface area contributed by atoms with Gasteiger partial charge in [0, 0.05) is 5.46 Å². The number of hydrogen-bond donors (Lipinski definition) is 0. The molecule has 1 heterocycles. The number of rotatable bonds is 1. The molecule has 2 nitrogen and oxygen atoms in total. The largest absolute Gasteiger partial charge is 0.497 e. The van der Waals surface area contributed by atoms with Gasteiger partial charge in [-0.3, -0.25) is 0 Å². The lowest BCUT2D eigenvalue weighted by Crippen LogP contribution is -2.41. The highest BCUT2D eigenvalue weighted by Crippen LogP contribution is 2.36. The molecule has 100 valence electrons. The van der Waals surface area contributed by atoms with Crippen molar-refractivity contribution >= 4 is 12.6 Å². The molecular formula is C14H22BFO2. The van der Waals surface area contributed by atoms with Crippen molar-refractivity contribution in [3.05, 3.63) is 30.1 Å². The van der Waals surface area contributed by atoms with Crippen LogP contribution in [0.25, 0.3) is 0 Å². The Morgan fingerprint density at radius 2 is 1.39 bits per heavy atom. The van der Waals surface area contributed by atoms with Crippen LogP contribution in [0.4, 0.5) is 4.39 Å². The van der Waals surface area contributed by atoms with Gasteiger partial charge in [-0.25, -0.2) is 4.39 Å². The summed E-state index contributed by atoms with van der Waals surface area (Å²) in [6, 6.07) is 6.55. The Balaban J connectivity index is 0.000000771. The van der Waals surface area contributed by atoms with Crippen molar-refractivity contribution in [3.63, 3.8) is 0 Å². The standard InChI is InChI=1S/C12H16BFO2.C2H6/c1-11(2)12(3,4)16-13(15-11)9-7-5-6-8-10(9)14;1-2/h5-8H,1-4H3;1-2H3. The van der Waals surface area contributed by atoms with Crippen LogP contribution in [-0.2, 0) is 9.31 Å². The Labute approximate surface area is 110 Å². The predicted octanol–water partition coefficient (Wildman–Crippen LogP) is 3.15. The summed E-state index contributed by atoms with van der Waals surface area (Å²) in [5.41, 5.74) is -0.402. The molecule has 0 saturated carbocycles. The summed E-state index contributed by atoms with van der Waals surface area (Å²) < 4.78 is 25.1. The molecule has 1 aromatic rings. The molecule has 0 N–H and O–H groups in total. The summed E-state index contributed by atoms with van der Waals surface area (Å²) in [7, 11) is -0.619. The van der Waals surface area contributed by atoms with E-state index in [9.17, 15) is 4.39 Å². The van der Waals surface area contributed by atoms with Gasteiger partial charge in [-0.15, -0.1) is 0 Å². The average molecular weight is 252 g/mol. The highest BCUT2D eigenvalue weighted by Gasteiger charge is 2.52.